The first-order valence-corrected chi connectivity index (χ1v) is 7.93. The second kappa shape index (κ2) is 5.66. The van der Waals surface area contributed by atoms with Gasteiger partial charge in [-0.15, -0.1) is 11.3 Å². The second-order valence-corrected chi connectivity index (χ2v) is 5.88. The zero-order valence-electron chi connectivity index (χ0n) is 12.0. The molecule has 6 heteroatoms. The average molecular weight is 320 g/mol. The molecule has 4 aromatic rings. The summed E-state index contributed by atoms with van der Waals surface area (Å²) < 4.78 is 0. The lowest BCUT2D eigenvalue weighted by Crippen LogP contribution is -2.12. The van der Waals surface area contributed by atoms with E-state index < -0.39 is 0 Å². The Morgan fingerprint density at radius 1 is 1.09 bits per heavy atom. The Bertz CT molecular complexity index is 958. The monoisotopic (exact) mass is 320 g/mol. The number of para-hydroxylation sites is 1. The Labute approximate surface area is 136 Å². The van der Waals surface area contributed by atoms with Crippen LogP contribution < -0.4 is 5.32 Å². The van der Waals surface area contributed by atoms with Gasteiger partial charge in [0.15, 0.2) is 5.69 Å². The number of thiazole rings is 1. The summed E-state index contributed by atoms with van der Waals surface area (Å²) >= 11 is 1.58. The molecule has 2 aromatic heterocycles. The molecule has 112 valence electrons. The van der Waals surface area contributed by atoms with Crippen LogP contribution in [0.15, 0.2) is 60.1 Å². The number of aromatic amines is 1. The highest BCUT2D eigenvalue weighted by Gasteiger charge is 2.13. The van der Waals surface area contributed by atoms with Gasteiger partial charge in [0.1, 0.15) is 5.01 Å². The Balaban J connectivity index is 1.57. The molecule has 4 rings (SSSR count). The van der Waals surface area contributed by atoms with Gasteiger partial charge in [-0.25, -0.2) is 4.98 Å². The summed E-state index contributed by atoms with van der Waals surface area (Å²) in [6.07, 6.45) is 1.78. The van der Waals surface area contributed by atoms with E-state index in [1.54, 1.807) is 17.5 Å². The van der Waals surface area contributed by atoms with Crippen LogP contribution in [0.5, 0.6) is 0 Å². The first kappa shape index (κ1) is 13.7. The van der Waals surface area contributed by atoms with E-state index in [1.807, 2.05) is 53.9 Å². The third kappa shape index (κ3) is 2.60. The molecule has 0 saturated carbocycles. The molecule has 23 heavy (non-hydrogen) atoms. The van der Waals surface area contributed by atoms with Crippen LogP contribution in [0.2, 0.25) is 0 Å². The van der Waals surface area contributed by atoms with Gasteiger partial charge in [0, 0.05) is 28.2 Å². The van der Waals surface area contributed by atoms with Crippen molar-refractivity contribution in [3.05, 3.63) is 65.8 Å². The Morgan fingerprint density at radius 3 is 2.70 bits per heavy atom. The van der Waals surface area contributed by atoms with Gasteiger partial charge < -0.3 is 5.32 Å². The van der Waals surface area contributed by atoms with Crippen molar-refractivity contribution in [2.45, 2.75) is 0 Å². The number of hydrogen-bond acceptors (Lipinski definition) is 4. The zero-order valence-corrected chi connectivity index (χ0v) is 12.8. The Kier molecular flexibility index (Phi) is 3.36. The number of rotatable bonds is 3. The number of nitrogens with one attached hydrogen (secondary N) is 2. The highest BCUT2D eigenvalue weighted by molar-refractivity contribution is 7.13. The van der Waals surface area contributed by atoms with E-state index in [2.05, 4.69) is 20.5 Å². The number of amides is 1. The molecule has 0 atom stereocenters. The van der Waals surface area contributed by atoms with Crippen molar-refractivity contribution in [2.24, 2.45) is 0 Å². The molecule has 2 aromatic carbocycles. The van der Waals surface area contributed by atoms with Crippen LogP contribution in [-0.2, 0) is 0 Å². The topological polar surface area (TPSA) is 70.7 Å². The molecular weight excluding hydrogens is 308 g/mol. The summed E-state index contributed by atoms with van der Waals surface area (Å²) in [5.74, 6) is -0.232. The SMILES string of the molecule is O=C(Nc1ccc(-c2nccs2)cc1)c1n[nH]c2ccccc12. The third-order valence-electron chi connectivity index (χ3n) is 3.51. The number of H-pyrrole nitrogens is 1. The van der Waals surface area contributed by atoms with E-state index in [0.29, 0.717) is 5.69 Å². The van der Waals surface area contributed by atoms with Crippen LogP contribution >= 0.6 is 11.3 Å². The van der Waals surface area contributed by atoms with Crippen LogP contribution in [0.1, 0.15) is 10.5 Å². The summed E-state index contributed by atoms with van der Waals surface area (Å²) in [4.78, 5) is 16.7. The number of nitrogens with zero attached hydrogens (tertiary/aromatic N) is 2. The van der Waals surface area contributed by atoms with E-state index in [1.165, 1.54) is 0 Å². The molecule has 0 unspecified atom stereocenters. The van der Waals surface area contributed by atoms with E-state index in [4.69, 9.17) is 0 Å². The second-order valence-electron chi connectivity index (χ2n) is 4.99. The number of benzene rings is 2. The maximum absolute atomic E-state index is 12.4. The van der Waals surface area contributed by atoms with Crippen molar-refractivity contribution in [2.75, 3.05) is 5.32 Å². The van der Waals surface area contributed by atoms with Gasteiger partial charge in [-0.2, -0.15) is 5.10 Å². The van der Waals surface area contributed by atoms with Crippen molar-refractivity contribution >= 4 is 33.8 Å². The largest absolute Gasteiger partial charge is 0.321 e. The predicted molar refractivity (Wildman–Crippen MR) is 91.6 cm³/mol. The molecule has 0 spiro atoms. The minimum Gasteiger partial charge on any atom is -0.321 e. The Morgan fingerprint density at radius 2 is 1.91 bits per heavy atom. The lowest BCUT2D eigenvalue weighted by atomic mass is 10.2. The van der Waals surface area contributed by atoms with Gasteiger partial charge in [-0.05, 0) is 30.3 Å². The quantitative estimate of drug-likeness (QED) is 0.600. The fraction of sp³-hybridized carbons (Fsp3) is 0. The Hall–Kier alpha value is -2.99. The first-order chi connectivity index (χ1) is 11.3. The van der Waals surface area contributed by atoms with E-state index >= 15 is 0 Å². The summed E-state index contributed by atoms with van der Waals surface area (Å²) in [5.41, 5.74) is 2.99. The van der Waals surface area contributed by atoms with E-state index in [0.717, 1.165) is 27.2 Å². The molecule has 0 aliphatic rings. The molecule has 1 amide bonds. The van der Waals surface area contributed by atoms with Crippen molar-refractivity contribution in [3.63, 3.8) is 0 Å². The summed E-state index contributed by atoms with van der Waals surface area (Å²) in [5, 5.41) is 13.5. The van der Waals surface area contributed by atoms with Gasteiger partial charge >= 0.3 is 0 Å². The number of anilines is 1. The maximum Gasteiger partial charge on any atom is 0.276 e. The average Bonchev–Trinajstić information content (AvgIpc) is 3.25. The fourth-order valence-electron chi connectivity index (χ4n) is 2.39. The molecule has 0 saturated heterocycles. The lowest BCUT2D eigenvalue weighted by molar-refractivity contribution is 0.102. The number of carbonyl (C=O) groups excluding carboxylic acids is 1. The number of aromatic nitrogens is 3. The van der Waals surface area contributed by atoms with E-state index in [9.17, 15) is 4.79 Å². The molecule has 2 N–H and O–H groups in total. The predicted octanol–water partition coefficient (Wildman–Crippen LogP) is 3.94. The number of carbonyl (C=O) groups is 1. The van der Waals surface area contributed by atoms with Gasteiger partial charge in [0.25, 0.3) is 5.91 Å². The first-order valence-electron chi connectivity index (χ1n) is 7.06. The summed E-state index contributed by atoms with van der Waals surface area (Å²) in [7, 11) is 0. The van der Waals surface area contributed by atoms with Crippen molar-refractivity contribution < 1.29 is 4.79 Å². The van der Waals surface area contributed by atoms with Crippen LogP contribution in [0, 0.1) is 0 Å². The van der Waals surface area contributed by atoms with Crippen LogP contribution in [0.4, 0.5) is 5.69 Å². The molecule has 0 fully saturated rings. The van der Waals surface area contributed by atoms with Crippen molar-refractivity contribution in [3.8, 4) is 10.6 Å². The molecule has 0 aliphatic heterocycles. The minimum atomic E-state index is -0.232. The van der Waals surface area contributed by atoms with Crippen molar-refractivity contribution in [1.29, 1.82) is 0 Å². The van der Waals surface area contributed by atoms with Crippen molar-refractivity contribution in [1.82, 2.24) is 15.2 Å². The summed E-state index contributed by atoms with van der Waals surface area (Å²) in [6, 6.07) is 15.2. The highest BCUT2D eigenvalue weighted by Crippen LogP contribution is 2.23. The molecule has 5 nitrogen and oxygen atoms in total. The molecule has 0 bridgehead atoms. The number of fused-ring (bicyclic) bond motifs is 1. The molecule has 0 aliphatic carbocycles. The third-order valence-corrected chi connectivity index (χ3v) is 4.33. The standard InChI is InChI=1S/C17H12N4OS/c22-16(15-13-3-1-2-4-14(13)20-21-15)19-12-7-5-11(6-8-12)17-18-9-10-23-17/h1-10H,(H,19,22)(H,20,21). The highest BCUT2D eigenvalue weighted by atomic mass is 32.1. The molecular formula is C17H12N4OS. The van der Waals surface area contributed by atoms with Gasteiger partial charge in [-0.1, -0.05) is 18.2 Å². The molecule has 0 radical (unpaired) electrons. The van der Waals surface area contributed by atoms with Gasteiger partial charge in [-0.3, -0.25) is 9.89 Å². The normalized spacial score (nSPS) is 10.8. The molecule has 2 heterocycles. The van der Waals surface area contributed by atoms with Crippen LogP contribution in [0.25, 0.3) is 21.5 Å². The van der Waals surface area contributed by atoms with Crippen LogP contribution in [0.3, 0.4) is 0 Å². The van der Waals surface area contributed by atoms with E-state index in [-0.39, 0.29) is 5.91 Å². The lowest BCUT2D eigenvalue weighted by Gasteiger charge is -2.04. The van der Waals surface area contributed by atoms with Crippen LogP contribution in [-0.4, -0.2) is 21.1 Å². The van der Waals surface area contributed by atoms with Gasteiger partial charge in [0.2, 0.25) is 0 Å². The smallest absolute Gasteiger partial charge is 0.276 e. The zero-order chi connectivity index (χ0) is 15.6. The minimum absolute atomic E-state index is 0.232. The van der Waals surface area contributed by atoms with Gasteiger partial charge in [0.05, 0.1) is 5.52 Å². The number of hydrogen-bond donors (Lipinski definition) is 2. The summed E-state index contributed by atoms with van der Waals surface area (Å²) in [6.45, 7) is 0. The maximum atomic E-state index is 12.4. The fourth-order valence-corrected chi connectivity index (χ4v) is 3.03.